The average Bonchev–Trinajstić information content (AvgIpc) is 2.77. The summed E-state index contributed by atoms with van der Waals surface area (Å²) in [5.74, 6) is -1.24. The molecule has 0 aliphatic carbocycles. The number of aliphatic carboxylic acids is 1. The quantitative estimate of drug-likeness (QED) is 0.400. The number of carbonyl (C=O) groups excluding carboxylic acids is 1. The number of alkyl halides is 3. The van der Waals surface area contributed by atoms with Crippen LogP contribution < -0.4 is 14.8 Å². The van der Waals surface area contributed by atoms with E-state index in [1.807, 2.05) is 0 Å². The number of hydrogen-bond acceptors (Lipinski definition) is 4. The molecule has 0 radical (unpaired) electrons. The van der Waals surface area contributed by atoms with Crippen LogP contribution in [0.15, 0.2) is 66.7 Å². The normalized spacial score (nSPS) is 11.1. The van der Waals surface area contributed by atoms with Gasteiger partial charge >= 0.3 is 12.3 Å². The van der Waals surface area contributed by atoms with E-state index < -0.39 is 12.3 Å². The van der Waals surface area contributed by atoms with E-state index in [9.17, 15) is 22.8 Å². The van der Waals surface area contributed by atoms with Gasteiger partial charge in [0, 0.05) is 17.1 Å². The van der Waals surface area contributed by atoms with E-state index >= 15 is 0 Å². The minimum atomic E-state index is -4.76. The Hall–Kier alpha value is -3.72. The summed E-state index contributed by atoms with van der Waals surface area (Å²) in [6.07, 6.45) is -4.92. The fourth-order valence-corrected chi connectivity index (χ4v) is 3.19. The van der Waals surface area contributed by atoms with Crippen LogP contribution in [0, 0.1) is 0 Å². The van der Waals surface area contributed by atoms with Gasteiger partial charge in [-0.25, -0.2) is 0 Å². The van der Waals surface area contributed by atoms with Crippen LogP contribution >= 0.6 is 11.6 Å². The maximum Gasteiger partial charge on any atom is 0.573 e. The van der Waals surface area contributed by atoms with Crippen molar-refractivity contribution in [3.8, 4) is 22.6 Å². The number of benzene rings is 3. The second kappa shape index (κ2) is 10.9. The molecule has 0 bridgehead atoms. The third kappa shape index (κ3) is 7.70. The second-order valence-electron chi connectivity index (χ2n) is 7.13. The smallest absolute Gasteiger partial charge is 0.489 e. The second-order valence-corrected chi connectivity index (χ2v) is 7.57. The summed E-state index contributed by atoms with van der Waals surface area (Å²) in [5.41, 5.74) is 2.43. The van der Waals surface area contributed by atoms with Crippen LogP contribution in [0.4, 0.5) is 13.2 Å². The van der Waals surface area contributed by atoms with Crippen molar-refractivity contribution in [2.45, 2.75) is 19.4 Å². The zero-order valence-corrected chi connectivity index (χ0v) is 18.3. The highest BCUT2D eigenvalue weighted by molar-refractivity contribution is 6.31. The van der Waals surface area contributed by atoms with Gasteiger partial charge in [0.1, 0.15) is 18.1 Å². The standard InChI is InChI=1S/C24H19ClF3NO5/c25-19-11-18(16-5-7-20(8-6-16)34-24(26,27)28)12-21(13-19)33-14-15-1-3-17(4-2-15)23(32)29-10-9-22(30)31/h1-8,11-13H,9-10,14H2,(H,29,32)(H,30,31). The number of hydrogen-bond donors (Lipinski definition) is 2. The van der Waals surface area contributed by atoms with E-state index in [2.05, 4.69) is 10.1 Å². The molecule has 0 saturated carbocycles. The maximum absolute atomic E-state index is 12.3. The molecule has 3 aromatic rings. The Labute approximate surface area is 197 Å². The predicted octanol–water partition coefficient (Wildman–Crippen LogP) is 5.69. The maximum atomic E-state index is 12.3. The molecule has 0 spiro atoms. The molecule has 2 N–H and O–H groups in total. The van der Waals surface area contributed by atoms with Crippen LogP contribution in [0.5, 0.6) is 11.5 Å². The molecule has 0 unspecified atom stereocenters. The van der Waals surface area contributed by atoms with Crippen molar-refractivity contribution in [2.75, 3.05) is 6.54 Å². The van der Waals surface area contributed by atoms with Crippen LogP contribution in [0.2, 0.25) is 5.02 Å². The zero-order valence-electron chi connectivity index (χ0n) is 17.6. The molecule has 178 valence electrons. The van der Waals surface area contributed by atoms with Crippen molar-refractivity contribution < 1.29 is 37.3 Å². The number of rotatable bonds is 9. The molecule has 10 heteroatoms. The topological polar surface area (TPSA) is 84.9 Å². The van der Waals surface area contributed by atoms with Crippen LogP contribution in [-0.2, 0) is 11.4 Å². The Balaban J connectivity index is 1.62. The highest BCUT2D eigenvalue weighted by atomic mass is 35.5. The van der Waals surface area contributed by atoms with Crippen LogP contribution in [0.3, 0.4) is 0 Å². The average molecular weight is 494 g/mol. The van der Waals surface area contributed by atoms with Crippen molar-refractivity contribution in [3.05, 3.63) is 82.9 Å². The third-order valence-corrected chi connectivity index (χ3v) is 4.76. The Morgan fingerprint density at radius 2 is 1.59 bits per heavy atom. The molecule has 1 amide bonds. The molecule has 0 aliphatic rings. The zero-order chi connectivity index (χ0) is 24.7. The third-order valence-electron chi connectivity index (χ3n) is 4.54. The van der Waals surface area contributed by atoms with Gasteiger partial charge in [-0.1, -0.05) is 35.9 Å². The lowest BCUT2D eigenvalue weighted by atomic mass is 10.1. The molecule has 3 rings (SSSR count). The summed E-state index contributed by atoms with van der Waals surface area (Å²) in [5, 5.41) is 11.5. The molecule has 0 atom stereocenters. The van der Waals surface area contributed by atoms with Crippen molar-refractivity contribution in [2.24, 2.45) is 0 Å². The Bertz CT molecular complexity index is 1150. The Morgan fingerprint density at radius 1 is 0.912 bits per heavy atom. The molecular formula is C24H19ClF3NO5. The highest BCUT2D eigenvalue weighted by Crippen LogP contribution is 2.31. The van der Waals surface area contributed by atoms with Gasteiger partial charge in [-0.3, -0.25) is 9.59 Å². The first-order valence-electron chi connectivity index (χ1n) is 9.97. The Kier molecular flexibility index (Phi) is 8.01. The molecule has 0 heterocycles. The SMILES string of the molecule is O=C(O)CCNC(=O)c1ccc(COc2cc(Cl)cc(-c3ccc(OC(F)(F)F)cc3)c2)cc1. The first-order chi connectivity index (χ1) is 16.1. The van der Waals surface area contributed by atoms with Gasteiger partial charge in [-0.05, 0) is 59.2 Å². The number of carbonyl (C=O) groups is 2. The summed E-state index contributed by atoms with van der Waals surface area (Å²) >= 11 is 6.18. The van der Waals surface area contributed by atoms with Gasteiger partial charge in [0.25, 0.3) is 5.91 Å². The van der Waals surface area contributed by atoms with Crippen molar-refractivity contribution in [1.29, 1.82) is 0 Å². The van der Waals surface area contributed by atoms with Crippen molar-refractivity contribution >= 4 is 23.5 Å². The number of carboxylic acids is 1. The van der Waals surface area contributed by atoms with Gasteiger partial charge in [0.05, 0.1) is 6.42 Å². The lowest BCUT2D eigenvalue weighted by molar-refractivity contribution is -0.274. The summed E-state index contributed by atoms with van der Waals surface area (Å²) in [7, 11) is 0. The highest BCUT2D eigenvalue weighted by Gasteiger charge is 2.30. The fourth-order valence-electron chi connectivity index (χ4n) is 2.97. The van der Waals surface area contributed by atoms with E-state index in [1.165, 1.54) is 24.3 Å². The first-order valence-corrected chi connectivity index (χ1v) is 10.4. The van der Waals surface area contributed by atoms with Crippen molar-refractivity contribution in [3.63, 3.8) is 0 Å². The number of amides is 1. The van der Waals surface area contributed by atoms with E-state index in [1.54, 1.807) is 42.5 Å². The number of ether oxygens (including phenoxy) is 2. The van der Waals surface area contributed by atoms with Crippen LogP contribution in [0.1, 0.15) is 22.3 Å². The molecular weight excluding hydrogens is 475 g/mol. The minimum absolute atomic E-state index is 0.0359. The van der Waals surface area contributed by atoms with Gasteiger partial charge < -0.3 is 19.9 Å². The Morgan fingerprint density at radius 3 is 2.21 bits per heavy atom. The molecule has 3 aromatic carbocycles. The first kappa shape index (κ1) is 24.9. The lowest BCUT2D eigenvalue weighted by Crippen LogP contribution is -2.25. The van der Waals surface area contributed by atoms with Gasteiger partial charge in [-0.15, -0.1) is 13.2 Å². The minimum Gasteiger partial charge on any atom is -0.489 e. The predicted molar refractivity (Wildman–Crippen MR) is 119 cm³/mol. The number of halogens is 4. The van der Waals surface area contributed by atoms with Gasteiger partial charge in [-0.2, -0.15) is 0 Å². The lowest BCUT2D eigenvalue weighted by Gasteiger charge is -2.11. The van der Waals surface area contributed by atoms with E-state index in [0.29, 0.717) is 27.5 Å². The summed E-state index contributed by atoms with van der Waals surface area (Å²) in [6, 6.07) is 17.0. The molecule has 0 saturated heterocycles. The summed E-state index contributed by atoms with van der Waals surface area (Å²) in [6.45, 7) is 0.216. The molecule has 34 heavy (non-hydrogen) atoms. The number of nitrogens with one attached hydrogen (secondary N) is 1. The molecule has 0 aromatic heterocycles. The largest absolute Gasteiger partial charge is 0.573 e. The molecule has 6 nitrogen and oxygen atoms in total. The van der Waals surface area contributed by atoms with Gasteiger partial charge in [0.2, 0.25) is 0 Å². The summed E-state index contributed by atoms with van der Waals surface area (Å²) < 4.78 is 46.7. The van der Waals surface area contributed by atoms with E-state index in [-0.39, 0.29) is 31.2 Å². The summed E-state index contributed by atoms with van der Waals surface area (Å²) in [4.78, 5) is 22.5. The molecule has 0 aliphatic heterocycles. The van der Waals surface area contributed by atoms with E-state index in [0.717, 1.165) is 5.56 Å². The van der Waals surface area contributed by atoms with Crippen LogP contribution in [-0.4, -0.2) is 29.9 Å². The van der Waals surface area contributed by atoms with Crippen LogP contribution in [0.25, 0.3) is 11.1 Å². The fraction of sp³-hybridized carbons (Fsp3) is 0.167. The number of carboxylic acid groups (broad SMARTS) is 1. The van der Waals surface area contributed by atoms with Crippen molar-refractivity contribution in [1.82, 2.24) is 5.32 Å². The monoisotopic (exact) mass is 493 g/mol. The molecule has 0 fully saturated rings. The van der Waals surface area contributed by atoms with Gasteiger partial charge in [0.15, 0.2) is 0 Å². The van der Waals surface area contributed by atoms with E-state index in [4.69, 9.17) is 21.4 Å².